The van der Waals surface area contributed by atoms with Crippen LogP contribution in [0.4, 0.5) is 0 Å². The fourth-order valence-electron chi connectivity index (χ4n) is 2.81. The first-order chi connectivity index (χ1) is 9.64. The summed E-state index contributed by atoms with van der Waals surface area (Å²) >= 11 is 0. The summed E-state index contributed by atoms with van der Waals surface area (Å²) in [6.45, 7) is 0.526. The molecule has 21 heavy (non-hydrogen) atoms. The van der Waals surface area contributed by atoms with E-state index in [9.17, 15) is 4.79 Å². The Morgan fingerprint density at radius 1 is 1.29 bits per heavy atom. The van der Waals surface area contributed by atoms with Crippen molar-refractivity contribution < 1.29 is 9.53 Å². The van der Waals surface area contributed by atoms with E-state index < -0.39 is 6.10 Å². The predicted molar refractivity (Wildman–Crippen MR) is 86.5 cm³/mol. The maximum absolute atomic E-state index is 12.3. The molecule has 1 aromatic rings. The number of benzene rings is 1. The van der Waals surface area contributed by atoms with Crippen LogP contribution in [-0.2, 0) is 9.53 Å². The molecule has 3 N–H and O–H groups in total. The lowest BCUT2D eigenvalue weighted by atomic mass is 9.82. The third-order valence-corrected chi connectivity index (χ3v) is 4.04. The summed E-state index contributed by atoms with van der Waals surface area (Å²) in [5, 5.41) is 2.95. The van der Waals surface area contributed by atoms with Crippen molar-refractivity contribution in [2.24, 2.45) is 5.73 Å². The second-order valence-electron chi connectivity index (χ2n) is 5.67. The number of ether oxygens (including phenoxy) is 1. The van der Waals surface area contributed by atoms with Crippen LogP contribution < -0.4 is 11.1 Å². The van der Waals surface area contributed by atoms with Crippen LogP contribution in [0.25, 0.3) is 0 Å². The van der Waals surface area contributed by atoms with E-state index in [1.807, 2.05) is 30.3 Å². The van der Waals surface area contributed by atoms with E-state index in [1.54, 1.807) is 7.11 Å². The summed E-state index contributed by atoms with van der Waals surface area (Å²) in [6, 6.07) is 9.52. The maximum Gasteiger partial charge on any atom is 0.253 e. The Kier molecular flexibility index (Phi) is 7.15. The van der Waals surface area contributed by atoms with Gasteiger partial charge in [-0.2, -0.15) is 0 Å². The van der Waals surface area contributed by atoms with Crippen LogP contribution in [0, 0.1) is 0 Å². The highest BCUT2D eigenvalue weighted by Gasteiger charge is 2.29. The summed E-state index contributed by atoms with van der Waals surface area (Å²) in [5.41, 5.74) is 6.95. The molecule has 118 valence electrons. The van der Waals surface area contributed by atoms with Gasteiger partial charge in [0.15, 0.2) is 6.10 Å². The minimum atomic E-state index is -0.566. The molecule has 1 fully saturated rings. The summed E-state index contributed by atoms with van der Waals surface area (Å²) in [5.74, 6) is -0.117. The van der Waals surface area contributed by atoms with Gasteiger partial charge in [0.25, 0.3) is 5.91 Å². The van der Waals surface area contributed by atoms with E-state index >= 15 is 0 Å². The third kappa shape index (κ3) is 4.99. The van der Waals surface area contributed by atoms with E-state index in [4.69, 9.17) is 10.5 Å². The lowest BCUT2D eigenvalue weighted by Crippen LogP contribution is -2.52. The van der Waals surface area contributed by atoms with Gasteiger partial charge < -0.3 is 15.8 Å². The zero-order valence-electron chi connectivity index (χ0n) is 12.5. The SMILES string of the molecule is COC(C(=O)NCC1(N)CCCCC1)c1ccccc1.Cl. The monoisotopic (exact) mass is 312 g/mol. The molecule has 1 aromatic carbocycles. The van der Waals surface area contributed by atoms with Crippen molar-refractivity contribution in [3.63, 3.8) is 0 Å². The number of carbonyl (C=O) groups excluding carboxylic acids is 1. The second-order valence-corrected chi connectivity index (χ2v) is 5.67. The smallest absolute Gasteiger partial charge is 0.253 e. The van der Waals surface area contributed by atoms with E-state index in [1.165, 1.54) is 6.42 Å². The second kappa shape index (κ2) is 8.37. The Bertz CT molecular complexity index is 433. The fraction of sp³-hybridized carbons (Fsp3) is 0.562. The molecule has 0 saturated heterocycles. The zero-order valence-corrected chi connectivity index (χ0v) is 13.3. The molecule has 1 saturated carbocycles. The summed E-state index contributed by atoms with van der Waals surface area (Å²) in [6.07, 6.45) is 4.95. The van der Waals surface area contributed by atoms with Crippen LogP contribution in [0.15, 0.2) is 30.3 Å². The topological polar surface area (TPSA) is 64.3 Å². The normalized spacial score (nSPS) is 18.4. The van der Waals surface area contributed by atoms with Crippen LogP contribution in [0.5, 0.6) is 0 Å². The van der Waals surface area contributed by atoms with Crippen molar-refractivity contribution >= 4 is 18.3 Å². The van der Waals surface area contributed by atoms with Crippen LogP contribution in [0.1, 0.15) is 43.8 Å². The van der Waals surface area contributed by atoms with Gasteiger partial charge in [0, 0.05) is 19.2 Å². The average Bonchev–Trinajstić information content (AvgIpc) is 2.48. The minimum Gasteiger partial charge on any atom is -0.367 e. The van der Waals surface area contributed by atoms with E-state index in [2.05, 4.69) is 5.32 Å². The number of rotatable bonds is 5. The van der Waals surface area contributed by atoms with Gasteiger partial charge in [0.1, 0.15) is 0 Å². The molecule has 1 amide bonds. The molecule has 0 aromatic heterocycles. The highest BCUT2D eigenvalue weighted by molar-refractivity contribution is 5.85. The van der Waals surface area contributed by atoms with Crippen LogP contribution in [0.2, 0.25) is 0 Å². The molecule has 1 atom stereocenters. The first-order valence-corrected chi connectivity index (χ1v) is 7.29. The molecule has 1 aliphatic rings. The van der Waals surface area contributed by atoms with Gasteiger partial charge in [-0.15, -0.1) is 12.4 Å². The average molecular weight is 313 g/mol. The minimum absolute atomic E-state index is 0. The summed E-state index contributed by atoms with van der Waals surface area (Å²) in [4.78, 5) is 12.3. The van der Waals surface area contributed by atoms with Gasteiger partial charge in [0.05, 0.1) is 0 Å². The lowest BCUT2D eigenvalue weighted by Gasteiger charge is -2.33. The van der Waals surface area contributed by atoms with Crippen molar-refractivity contribution in [1.29, 1.82) is 0 Å². The predicted octanol–water partition coefficient (Wildman–Crippen LogP) is 2.57. The largest absolute Gasteiger partial charge is 0.367 e. The molecule has 1 unspecified atom stereocenters. The van der Waals surface area contributed by atoms with E-state index in [0.717, 1.165) is 31.2 Å². The molecular formula is C16H25ClN2O2. The number of nitrogens with one attached hydrogen (secondary N) is 1. The number of carbonyl (C=O) groups is 1. The first-order valence-electron chi connectivity index (χ1n) is 7.29. The Hall–Kier alpha value is -1.10. The third-order valence-electron chi connectivity index (χ3n) is 4.04. The number of hydrogen-bond donors (Lipinski definition) is 2. The quantitative estimate of drug-likeness (QED) is 0.878. The maximum atomic E-state index is 12.3. The number of methoxy groups -OCH3 is 1. The van der Waals surface area contributed by atoms with Gasteiger partial charge in [-0.3, -0.25) is 4.79 Å². The first kappa shape index (κ1) is 18.0. The number of hydrogen-bond acceptors (Lipinski definition) is 3. The van der Waals surface area contributed by atoms with Crippen molar-refractivity contribution in [2.75, 3.05) is 13.7 Å². The van der Waals surface area contributed by atoms with E-state index in [0.29, 0.717) is 6.54 Å². The molecular weight excluding hydrogens is 288 g/mol. The molecule has 0 spiro atoms. The molecule has 1 aliphatic carbocycles. The Labute approximate surface area is 132 Å². The number of nitrogens with two attached hydrogens (primary N) is 1. The van der Waals surface area contributed by atoms with Crippen molar-refractivity contribution in [3.8, 4) is 0 Å². The summed E-state index contributed by atoms with van der Waals surface area (Å²) < 4.78 is 5.32. The van der Waals surface area contributed by atoms with Crippen LogP contribution >= 0.6 is 12.4 Å². The number of halogens is 1. The lowest BCUT2D eigenvalue weighted by molar-refractivity contribution is -0.131. The highest BCUT2D eigenvalue weighted by Crippen LogP contribution is 2.25. The molecule has 0 radical (unpaired) electrons. The van der Waals surface area contributed by atoms with Gasteiger partial charge >= 0.3 is 0 Å². The Balaban J connectivity index is 0.00000220. The van der Waals surface area contributed by atoms with E-state index in [-0.39, 0.29) is 23.9 Å². The zero-order chi connectivity index (χ0) is 14.4. The van der Waals surface area contributed by atoms with Gasteiger partial charge in [-0.25, -0.2) is 0 Å². The molecule has 0 bridgehead atoms. The van der Waals surface area contributed by atoms with Crippen LogP contribution in [0.3, 0.4) is 0 Å². The van der Waals surface area contributed by atoms with Crippen molar-refractivity contribution in [3.05, 3.63) is 35.9 Å². The summed E-state index contributed by atoms with van der Waals surface area (Å²) in [7, 11) is 1.55. The molecule has 5 heteroatoms. The highest BCUT2D eigenvalue weighted by atomic mass is 35.5. The van der Waals surface area contributed by atoms with Gasteiger partial charge in [-0.05, 0) is 18.4 Å². The molecule has 0 aliphatic heterocycles. The van der Waals surface area contributed by atoms with Crippen molar-refractivity contribution in [1.82, 2.24) is 5.32 Å². The Morgan fingerprint density at radius 3 is 2.48 bits per heavy atom. The standard InChI is InChI=1S/C16H24N2O2.ClH/c1-20-14(13-8-4-2-5-9-13)15(19)18-12-16(17)10-6-3-7-11-16;/h2,4-5,8-9,14H,3,6-7,10-12,17H2,1H3,(H,18,19);1H. The number of amides is 1. The molecule has 0 heterocycles. The molecule has 4 nitrogen and oxygen atoms in total. The fourth-order valence-corrected chi connectivity index (χ4v) is 2.81. The van der Waals surface area contributed by atoms with Gasteiger partial charge in [0.2, 0.25) is 0 Å². The Morgan fingerprint density at radius 2 is 1.90 bits per heavy atom. The molecule has 2 rings (SSSR count). The van der Waals surface area contributed by atoms with Gasteiger partial charge in [-0.1, -0.05) is 49.6 Å². The van der Waals surface area contributed by atoms with Crippen molar-refractivity contribution in [2.45, 2.75) is 43.7 Å². The van der Waals surface area contributed by atoms with Crippen LogP contribution in [-0.4, -0.2) is 25.1 Å².